The zero-order valence-corrected chi connectivity index (χ0v) is 16.6. The maximum Gasteiger partial charge on any atom is 0.331 e. The molecule has 158 valence electrons. The Morgan fingerprint density at radius 1 is 1.10 bits per heavy atom. The number of nitrogens with one attached hydrogen (secondary N) is 2. The van der Waals surface area contributed by atoms with E-state index in [-0.39, 0.29) is 23.4 Å². The number of carbonyl (C=O) groups excluding carboxylic acids is 3. The van der Waals surface area contributed by atoms with Gasteiger partial charge in [0.15, 0.2) is 6.04 Å². The summed E-state index contributed by atoms with van der Waals surface area (Å²) in [5.74, 6) is -2.92. The van der Waals surface area contributed by atoms with Crippen LogP contribution in [0, 0.1) is 5.82 Å². The van der Waals surface area contributed by atoms with Gasteiger partial charge >= 0.3 is 5.97 Å². The Bertz CT molecular complexity index is 928. The monoisotopic (exact) mass is 414 g/mol. The van der Waals surface area contributed by atoms with Crippen molar-refractivity contribution in [1.29, 1.82) is 0 Å². The van der Waals surface area contributed by atoms with Crippen LogP contribution in [0.4, 0.5) is 4.39 Å². The van der Waals surface area contributed by atoms with Crippen molar-refractivity contribution in [3.63, 3.8) is 0 Å². The summed E-state index contributed by atoms with van der Waals surface area (Å²) in [7, 11) is 0. The van der Waals surface area contributed by atoms with Crippen LogP contribution in [0.2, 0.25) is 0 Å². The van der Waals surface area contributed by atoms with E-state index in [0.717, 1.165) is 6.08 Å². The first-order valence-corrected chi connectivity index (χ1v) is 9.31. The Morgan fingerprint density at radius 3 is 2.33 bits per heavy atom. The van der Waals surface area contributed by atoms with Crippen LogP contribution in [-0.4, -0.2) is 41.6 Å². The molecule has 0 spiro atoms. The van der Waals surface area contributed by atoms with E-state index in [2.05, 4.69) is 10.6 Å². The highest BCUT2D eigenvalue weighted by Crippen LogP contribution is 2.12. The van der Waals surface area contributed by atoms with Crippen molar-refractivity contribution in [2.45, 2.75) is 26.0 Å². The van der Waals surface area contributed by atoms with Gasteiger partial charge in [0.25, 0.3) is 11.8 Å². The number of esters is 1. The van der Waals surface area contributed by atoms with Crippen LogP contribution in [0.3, 0.4) is 0 Å². The standard InChI is InChI=1S/C22H23FN2O5/c1-3-30-22(29)19(14(2)26)25-21(28)18(13-16-11-7-8-12-17(16)23)24-20(27)15-9-5-4-6-10-15/h4-14,19,26H,3H2,1-2H3,(H,24,27)(H,25,28)/b18-13+/t14-,19-/m0/s1. The third-order valence-electron chi connectivity index (χ3n) is 4.04. The first-order valence-electron chi connectivity index (χ1n) is 9.31. The predicted octanol–water partition coefficient (Wildman–Crippen LogP) is 2.03. The normalized spacial score (nSPS) is 13.1. The van der Waals surface area contributed by atoms with Gasteiger partial charge < -0.3 is 20.5 Å². The number of aliphatic hydroxyl groups is 1. The summed E-state index contributed by atoms with van der Waals surface area (Å²) in [4.78, 5) is 37.4. The molecule has 2 atom stereocenters. The lowest BCUT2D eigenvalue weighted by molar-refractivity contribution is -0.150. The van der Waals surface area contributed by atoms with Gasteiger partial charge in [0.1, 0.15) is 11.5 Å². The van der Waals surface area contributed by atoms with Gasteiger partial charge in [-0.05, 0) is 38.1 Å². The molecule has 3 N–H and O–H groups in total. The molecule has 0 fully saturated rings. The van der Waals surface area contributed by atoms with E-state index in [4.69, 9.17) is 4.74 Å². The van der Waals surface area contributed by atoms with Gasteiger partial charge in [-0.2, -0.15) is 0 Å². The molecule has 0 aromatic heterocycles. The smallest absolute Gasteiger partial charge is 0.331 e. The van der Waals surface area contributed by atoms with Crippen LogP contribution in [0.25, 0.3) is 6.08 Å². The Labute approximate surface area is 173 Å². The maximum absolute atomic E-state index is 14.1. The topological polar surface area (TPSA) is 105 Å². The van der Waals surface area contributed by atoms with E-state index in [1.807, 2.05) is 0 Å². The first kappa shape index (κ1) is 22.8. The highest BCUT2D eigenvalue weighted by Gasteiger charge is 2.28. The van der Waals surface area contributed by atoms with Gasteiger partial charge in [0.05, 0.1) is 12.7 Å². The lowest BCUT2D eigenvalue weighted by Gasteiger charge is -2.20. The molecule has 7 nitrogen and oxygen atoms in total. The third kappa shape index (κ3) is 6.25. The molecule has 2 amide bonds. The summed E-state index contributed by atoms with van der Waals surface area (Å²) >= 11 is 0. The summed E-state index contributed by atoms with van der Waals surface area (Å²) in [6.07, 6.45) is -0.108. The summed E-state index contributed by atoms with van der Waals surface area (Å²) in [6.45, 7) is 2.95. The fourth-order valence-corrected chi connectivity index (χ4v) is 2.52. The molecule has 0 saturated heterocycles. The molecule has 0 aliphatic heterocycles. The Kier molecular flexibility index (Phi) is 8.25. The largest absolute Gasteiger partial charge is 0.464 e. The van der Waals surface area contributed by atoms with Crippen molar-refractivity contribution in [2.24, 2.45) is 0 Å². The SMILES string of the molecule is CCOC(=O)[C@@H](NC(=O)/C(=C\c1ccccc1F)NC(=O)c1ccccc1)[C@H](C)O. The number of ether oxygens (including phenoxy) is 1. The number of rotatable bonds is 8. The molecular formula is C22H23FN2O5. The number of amides is 2. The molecule has 0 bridgehead atoms. The van der Waals surface area contributed by atoms with Gasteiger partial charge in [0.2, 0.25) is 0 Å². The fraction of sp³-hybridized carbons (Fsp3) is 0.227. The lowest BCUT2D eigenvalue weighted by atomic mass is 10.1. The lowest BCUT2D eigenvalue weighted by Crippen LogP contribution is -2.50. The third-order valence-corrected chi connectivity index (χ3v) is 4.04. The highest BCUT2D eigenvalue weighted by atomic mass is 19.1. The number of hydrogen-bond acceptors (Lipinski definition) is 5. The van der Waals surface area contributed by atoms with Gasteiger partial charge in [-0.25, -0.2) is 9.18 Å². The molecule has 2 aromatic rings. The second-order valence-electron chi connectivity index (χ2n) is 6.34. The average Bonchev–Trinajstić information content (AvgIpc) is 2.73. The van der Waals surface area contributed by atoms with Crippen LogP contribution < -0.4 is 10.6 Å². The molecule has 8 heteroatoms. The minimum Gasteiger partial charge on any atom is -0.464 e. The van der Waals surface area contributed by atoms with Crippen LogP contribution in [0.5, 0.6) is 0 Å². The highest BCUT2D eigenvalue weighted by molar-refractivity contribution is 6.06. The Hall–Kier alpha value is -3.52. The molecule has 2 rings (SSSR count). The van der Waals surface area contributed by atoms with E-state index in [0.29, 0.717) is 0 Å². The molecule has 0 saturated carbocycles. The van der Waals surface area contributed by atoms with Gasteiger partial charge in [-0.15, -0.1) is 0 Å². The van der Waals surface area contributed by atoms with Gasteiger partial charge in [-0.1, -0.05) is 36.4 Å². The van der Waals surface area contributed by atoms with Crippen LogP contribution in [0.15, 0.2) is 60.3 Å². The van der Waals surface area contributed by atoms with Crippen molar-refractivity contribution in [3.05, 3.63) is 77.2 Å². The molecule has 0 aliphatic carbocycles. The number of halogens is 1. The second kappa shape index (κ2) is 10.9. The van der Waals surface area contributed by atoms with Crippen molar-refractivity contribution in [2.75, 3.05) is 6.61 Å². The predicted molar refractivity (Wildman–Crippen MR) is 109 cm³/mol. The van der Waals surface area contributed by atoms with Gasteiger partial charge in [-0.3, -0.25) is 9.59 Å². The summed E-state index contributed by atoms with van der Waals surface area (Å²) < 4.78 is 18.9. The Morgan fingerprint density at radius 2 is 1.73 bits per heavy atom. The molecule has 2 aromatic carbocycles. The van der Waals surface area contributed by atoms with E-state index >= 15 is 0 Å². The summed E-state index contributed by atoms with van der Waals surface area (Å²) in [5.41, 5.74) is 0.0341. The first-order chi connectivity index (χ1) is 14.3. The summed E-state index contributed by atoms with van der Waals surface area (Å²) in [5, 5.41) is 14.6. The maximum atomic E-state index is 14.1. The van der Waals surface area contributed by atoms with Crippen molar-refractivity contribution >= 4 is 23.9 Å². The summed E-state index contributed by atoms with van der Waals surface area (Å²) in [6, 6.07) is 12.4. The number of carbonyl (C=O) groups is 3. The van der Waals surface area contributed by atoms with Crippen molar-refractivity contribution < 1.29 is 28.6 Å². The number of benzene rings is 2. The molecule has 0 heterocycles. The average molecular weight is 414 g/mol. The van der Waals surface area contributed by atoms with E-state index in [9.17, 15) is 23.9 Å². The minimum absolute atomic E-state index is 0.0561. The molecular weight excluding hydrogens is 391 g/mol. The van der Waals surface area contributed by atoms with Gasteiger partial charge in [0, 0.05) is 11.1 Å². The molecule has 0 unspecified atom stereocenters. The van der Waals surface area contributed by atoms with E-state index in [1.165, 1.54) is 25.1 Å². The molecule has 30 heavy (non-hydrogen) atoms. The molecule has 0 radical (unpaired) electrons. The quantitative estimate of drug-likeness (QED) is 0.453. The number of aliphatic hydroxyl groups excluding tert-OH is 1. The van der Waals surface area contributed by atoms with E-state index in [1.54, 1.807) is 43.3 Å². The van der Waals surface area contributed by atoms with Crippen LogP contribution in [-0.2, 0) is 14.3 Å². The zero-order chi connectivity index (χ0) is 22.1. The second-order valence-corrected chi connectivity index (χ2v) is 6.34. The number of hydrogen-bond donors (Lipinski definition) is 3. The Balaban J connectivity index is 2.34. The minimum atomic E-state index is -1.37. The fourth-order valence-electron chi connectivity index (χ4n) is 2.52. The van der Waals surface area contributed by atoms with Crippen molar-refractivity contribution in [3.8, 4) is 0 Å². The van der Waals surface area contributed by atoms with Crippen molar-refractivity contribution in [1.82, 2.24) is 10.6 Å². The molecule has 0 aliphatic rings. The van der Waals surface area contributed by atoms with Crippen LogP contribution in [0.1, 0.15) is 29.8 Å². The van der Waals surface area contributed by atoms with E-state index < -0.39 is 35.7 Å². The zero-order valence-electron chi connectivity index (χ0n) is 16.6. The van der Waals surface area contributed by atoms with Crippen LogP contribution >= 0.6 is 0 Å².